The van der Waals surface area contributed by atoms with Gasteiger partial charge < -0.3 is 26.4 Å². The van der Waals surface area contributed by atoms with Crippen molar-refractivity contribution in [2.75, 3.05) is 19.8 Å². The Morgan fingerprint density at radius 3 is 2.27 bits per heavy atom. The Balaban J connectivity index is 1.75. The molecule has 6 N–H and O–H groups in total. The number of ketones is 4. The molecule has 12 heteroatoms. The van der Waals surface area contributed by atoms with Crippen LogP contribution in [0.2, 0.25) is 0 Å². The van der Waals surface area contributed by atoms with Gasteiger partial charge in [-0.3, -0.25) is 33.7 Å². The summed E-state index contributed by atoms with van der Waals surface area (Å²) < 4.78 is 6.11. The number of likely N-dealkylation sites (N-methyl/N-ethyl adjacent to an activating group) is 1. The van der Waals surface area contributed by atoms with Crippen molar-refractivity contribution < 1.29 is 43.7 Å². The first-order chi connectivity index (χ1) is 19.2. The molecule has 3 fully saturated rings. The first-order valence-electron chi connectivity index (χ1n) is 13.9. The van der Waals surface area contributed by atoms with Gasteiger partial charge in [-0.05, 0) is 50.6 Å². The molecule has 0 aromatic heterocycles. The molecule has 0 saturated heterocycles. The number of anilines is 1. The molecule has 4 aliphatic carbocycles. The summed E-state index contributed by atoms with van der Waals surface area (Å²) in [6.45, 7) is 1.65. The van der Waals surface area contributed by atoms with Gasteiger partial charge in [0.2, 0.25) is 5.91 Å². The molecule has 5 rings (SSSR count). The highest BCUT2D eigenvalue weighted by atomic mass is 16.5. The molecule has 1 amide bonds. The quantitative estimate of drug-likeness (QED) is 0.166. The molecule has 0 bridgehead atoms. The van der Waals surface area contributed by atoms with Gasteiger partial charge in [0, 0.05) is 11.6 Å². The summed E-state index contributed by atoms with van der Waals surface area (Å²) in [4.78, 5) is 82.8. The van der Waals surface area contributed by atoms with Gasteiger partial charge in [0.15, 0.2) is 34.7 Å². The number of benzene rings is 1. The van der Waals surface area contributed by atoms with Gasteiger partial charge in [0.25, 0.3) is 0 Å². The van der Waals surface area contributed by atoms with E-state index in [2.05, 4.69) is 0 Å². The minimum absolute atomic E-state index is 0.163. The van der Waals surface area contributed by atoms with Crippen LogP contribution >= 0.6 is 0 Å². The van der Waals surface area contributed by atoms with Crippen LogP contribution < -0.4 is 11.5 Å². The number of Topliss-reactive ketones (excluding diaryl/α,β-unsaturated/α-hetero) is 4. The van der Waals surface area contributed by atoms with E-state index < -0.39 is 94.0 Å². The number of hydrogen-bond donors (Lipinski definition) is 4. The number of phenolic OH excluding ortho intramolecular Hbond substituents is 1. The molecular formula is C29H35N3O9. The van der Waals surface area contributed by atoms with E-state index in [1.165, 1.54) is 31.1 Å². The molecule has 0 heterocycles. The molecule has 220 valence electrons. The highest BCUT2D eigenvalue weighted by Crippen LogP contribution is 2.56. The Labute approximate surface area is 236 Å². The van der Waals surface area contributed by atoms with E-state index in [0.717, 1.165) is 19.3 Å². The number of nitrogen functional groups attached to an aromatic ring is 1. The van der Waals surface area contributed by atoms with Gasteiger partial charge in [0.1, 0.15) is 11.9 Å². The Morgan fingerprint density at radius 2 is 1.68 bits per heavy atom. The van der Waals surface area contributed by atoms with Crippen LogP contribution in [0.25, 0.3) is 0 Å². The molecule has 4 aliphatic rings. The van der Waals surface area contributed by atoms with Crippen molar-refractivity contribution in [1.29, 1.82) is 0 Å². The summed E-state index contributed by atoms with van der Waals surface area (Å²) in [5, 5.41) is 22.7. The van der Waals surface area contributed by atoms with Crippen molar-refractivity contribution in [2.24, 2.45) is 35.3 Å². The predicted octanol–water partition coefficient (Wildman–Crippen LogP) is 0.112. The van der Waals surface area contributed by atoms with Crippen LogP contribution in [-0.2, 0) is 28.7 Å². The van der Waals surface area contributed by atoms with Gasteiger partial charge in [0.05, 0.1) is 29.4 Å². The normalized spacial score (nSPS) is 35.5. The minimum Gasteiger partial charge on any atom is -0.507 e. The largest absolute Gasteiger partial charge is 0.507 e. The second-order valence-corrected chi connectivity index (χ2v) is 12.1. The third-order valence-electron chi connectivity index (χ3n) is 9.66. The Morgan fingerprint density at radius 1 is 1.05 bits per heavy atom. The molecule has 0 aliphatic heterocycles. The zero-order valence-corrected chi connectivity index (χ0v) is 23.2. The lowest BCUT2D eigenvalue weighted by atomic mass is 9.49. The van der Waals surface area contributed by atoms with Crippen LogP contribution in [0.5, 0.6) is 5.75 Å². The maximum Gasteiger partial charge on any atom is 0.309 e. The van der Waals surface area contributed by atoms with Gasteiger partial charge in [-0.25, -0.2) is 0 Å². The number of phenols is 1. The first-order valence-corrected chi connectivity index (χ1v) is 13.9. The number of rotatable bonds is 4. The Hall–Kier alpha value is -3.64. The number of aromatic hydroxyl groups is 1. The maximum atomic E-state index is 14.2. The molecule has 12 nitrogen and oxygen atoms in total. The van der Waals surface area contributed by atoms with Crippen molar-refractivity contribution in [1.82, 2.24) is 4.90 Å². The van der Waals surface area contributed by atoms with Crippen LogP contribution in [0, 0.1) is 29.6 Å². The monoisotopic (exact) mass is 569 g/mol. The highest BCUT2D eigenvalue weighted by molar-refractivity contribution is 6.32. The fraction of sp³-hybridized carbons (Fsp3) is 0.586. The molecule has 1 aromatic carbocycles. The number of hydrogen-bond acceptors (Lipinski definition) is 11. The summed E-state index contributed by atoms with van der Waals surface area (Å²) in [5.74, 6) is -14.8. The number of fused-ring (bicyclic) bond motifs is 3. The van der Waals surface area contributed by atoms with E-state index in [9.17, 15) is 39.0 Å². The highest BCUT2D eigenvalue weighted by Gasteiger charge is 2.74. The molecule has 2 unspecified atom stereocenters. The zero-order chi connectivity index (χ0) is 30.1. The third kappa shape index (κ3) is 4.02. The average Bonchev–Trinajstić information content (AvgIpc) is 2.91. The summed E-state index contributed by atoms with van der Waals surface area (Å²) in [6, 6.07) is 1.19. The topological polar surface area (TPSA) is 207 Å². The molecule has 0 spiro atoms. The predicted molar refractivity (Wildman–Crippen MR) is 142 cm³/mol. The summed E-state index contributed by atoms with van der Waals surface area (Å²) >= 11 is 0. The molecule has 3 saturated carbocycles. The van der Waals surface area contributed by atoms with Crippen LogP contribution in [0.1, 0.15) is 60.9 Å². The van der Waals surface area contributed by atoms with Crippen molar-refractivity contribution in [2.45, 2.75) is 62.7 Å². The number of aliphatic hydroxyl groups is 1. The standard InChI is InChI=1S/C29H35N3O9/c1-11-15-13(30)9-10-14(33)17(15)22(34)18-16(11)24(41-28(39)12-7-5-4-6-8-12)20-21(32(2)3)23(35)19(27(31)38)26(37)29(20,40)25(18)36/h9-12,16,18-21,24,33,40H,4-8,30H2,1-3H3,(H2,31,38)/t11-,16+,18?,19?,20+,21-,24-,29-/m1/s1. The van der Waals surface area contributed by atoms with E-state index in [0.29, 0.717) is 12.8 Å². The van der Waals surface area contributed by atoms with Gasteiger partial charge in [-0.1, -0.05) is 26.2 Å². The van der Waals surface area contributed by atoms with E-state index in [4.69, 9.17) is 16.2 Å². The van der Waals surface area contributed by atoms with Gasteiger partial charge >= 0.3 is 5.97 Å². The maximum absolute atomic E-state index is 14.2. The zero-order valence-electron chi connectivity index (χ0n) is 23.2. The van der Waals surface area contributed by atoms with E-state index in [1.807, 2.05) is 0 Å². The fourth-order valence-electron chi connectivity index (χ4n) is 7.79. The van der Waals surface area contributed by atoms with E-state index in [-0.39, 0.29) is 16.8 Å². The van der Waals surface area contributed by atoms with Crippen molar-refractivity contribution in [3.8, 4) is 5.75 Å². The number of primary amides is 1. The number of carbonyl (C=O) groups excluding carboxylic acids is 6. The molecule has 8 atom stereocenters. The minimum atomic E-state index is -3.05. The SMILES string of the molecule is C[C@@H]1c2c(N)ccc(O)c2C(=O)C2C(=O)[C@@]3(O)C(=O)C(C(N)=O)C(=O)[C@H](N(C)C)[C@H]3[C@H](OC(=O)C3CCCCC3)[C@H]21. The third-order valence-corrected chi connectivity index (χ3v) is 9.66. The van der Waals surface area contributed by atoms with Crippen molar-refractivity contribution in [3.05, 3.63) is 23.3 Å². The van der Waals surface area contributed by atoms with Crippen LogP contribution in [-0.4, -0.2) is 82.0 Å². The second-order valence-electron chi connectivity index (χ2n) is 12.1. The molecule has 41 heavy (non-hydrogen) atoms. The first kappa shape index (κ1) is 28.9. The fourth-order valence-corrected chi connectivity index (χ4v) is 7.79. The lowest BCUT2D eigenvalue weighted by molar-refractivity contribution is -0.207. The number of ether oxygens (including phenoxy) is 1. The Bertz CT molecular complexity index is 1370. The summed E-state index contributed by atoms with van der Waals surface area (Å²) in [5.41, 5.74) is 8.79. The molecule has 1 aromatic rings. The summed E-state index contributed by atoms with van der Waals surface area (Å²) in [6.07, 6.45) is 2.21. The average molecular weight is 570 g/mol. The smallest absolute Gasteiger partial charge is 0.309 e. The number of carbonyl (C=O) groups is 6. The van der Waals surface area contributed by atoms with Gasteiger partial charge in [-0.2, -0.15) is 0 Å². The number of nitrogens with two attached hydrogens (primary N) is 2. The Kier molecular flexibility index (Phi) is 7.06. The van der Waals surface area contributed by atoms with Gasteiger partial charge in [-0.15, -0.1) is 0 Å². The van der Waals surface area contributed by atoms with Crippen molar-refractivity contribution in [3.63, 3.8) is 0 Å². The van der Waals surface area contributed by atoms with Crippen LogP contribution in [0.15, 0.2) is 12.1 Å². The number of esters is 1. The molecule has 0 radical (unpaired) electrons. The lowest BCUT2D eigenvalue weighted by Gasteiger charge is -2.56. The van der Waals surface area contributed by atoms with Crippen LogP contribution in [0.4, 0.5) is 5.69 Å². The molecular weight excluding hydrogens is 534 g/mol. The van der Waals surface area contributed by atoms with E-state index in [1.54, 1.807) is 6.92 Å². The number of amides is 1. The lowest BCUT2D eigenvalue weighted by Crippen LogP contribution is -2.78. The summed E-state index contributed by atoms with van der Waals surface area (Å²) in [7, 11) is 2.93. The van der Waals surface area contributed by atoms with Crippen molar-refractivity contribution >= 4 is 40.7 Å². The number of nitrogens with zero attached hydrogens (tertiary/aromatic N) is 1. The second kappa shape index (κ2) is 10.0. The van der Waals surface area contributed by atoms with Crippen LogP contribution in [0.3, 0.4) is 0 Å². The van der Waals surface area contributed by atoms with E-state index >= 15 is 0 Å².